The van der Waals surface area contributed by atoms with Crippen LogP contribution in [-0.4, -0.2) is 21.3 Å². The van der Waals surface area contributed by atoms with Crippen LogP contribution in [0.2, 0.25) is 0 Å². The summed E-state index contributed by atoms with van der Waals surface area (Å²) in [5, 5.41) is 10.6. The van der Waals surface area contributed by atoms with E-state index in [1.807, 2.05) is 0 Å². The number of nitrogens with zero attached hydrogens (tertiary/aromatic N) is 4. The summed E-state index contributed by atoms with van der Waals surface area (Å²) in [7, 11) is 0. The van der Waals surface area contributed by atoms with E-state index in [0.29, 0.717) is 10.8 Å². The van der Waals surface area contributed by atoms with E-state index in [2.05, 4.69) is 31.3 Å². The summed E-state index contributed by atoms with van der Waals surface area (Å²) in [4.78, 5) is 7.63. The molecule has 0 saturated heterocycles. The highest BCUT2D eigenvalue weighted by Gasteiger charge is 1.88. The second-order valence-electron chi connectivity index (χ2n) is 1.69. The lowest BCUT2D eigenvalue weighted by atomic mass is 10.7. The third-order valence-corrected chi connectivity index (χ3v) is 1.07. The molecule has 2 heterocycles. The molecule has 0 fully saturated rings. The number of rotatable bonds is 0. The van der Waals surface area contributed by atoms with Gasteiger partial charge in [0.05, 0.1) is 12.4 Å². The van der Waals surface area contributed by atoms with Gasteiger partial charge in [-0.1, -0.05) is 5.21 Å². The molecule has 1 aromatic rings. The zero-order chi connectivity index (χ0) is 6.81. The van der Waals surface area contributed by atoms with E-state index in [-0.39, 0.29) is 0 Å². The lowest BCUT2D eigenvalue weighted by molar-refractivity contribution is 0.917. The average molecular weight is 133 g/mol. The fraction of sp³-hybridized carbons (Fsp3) is 0. The summed E-state index contributed by atoms with van der Waals surface area (Å²) >= 11 is 0. The second kappa shape index (κ2) is 1.89. The van der Waals surface area contributed by atoms with Crippen molar-refractivity contribution in [3.05, 3.63) is 17.0 Å². The van der Waals surface area contributed by atoms with Crippen molar-refractivity contribution < 1.29 is 0 Å². The van der Waals surface area contributed by atoms with E-state index in [4.69, 9.17) is 0 Å². The van der Waals surface area contributed by atoms with Gasteiger partial charge in [0, 0.05) is 5.87 Å². The molecule has 5 nitrogen and oxygen atoms in total. The van der Waals surface area contributed by atoms with Gasteiger partial charge in [0.2, 0.25) is 5.49 Å². The summed E-state index contributed by atoms with van der Waals surface area (Å²) in [6.07, 6.45) is 3.02. The zero-order valence-electron chi connectivity index (χ0n) is 4.94. The summed E-state index contributed by atoms with van der Waals surface area (Å²) in [6.45, 7) is 0. The Morgan fingerprint density at radius 1 is 1.50 bits per heavy atom. The fourth-order valence-electron chi connectivity index (χ4n) is 0.637. The molecule has 1 aromatic heterocycles. The first-order valence-electron chi connectivity index (χ1n) is 2.69. The normalized spacial score (nSPS) is 13.2. The van der Waals surface area contributed by atoms with Crippen LogP contribution in [0.5, 0.6) is 0 Å². The largest absolute Gasteiger partial charge is 0.254 e. The van der Waals surface area contributed by atoms with Crippen LogP contribution >= 0.6 is 0 Å². The molecule has 10 heavy (non-hydrogen) atoms. The minimum atomic E-state index is 0.550. The number of hydrogen-bond acceptors (Lipinski definition) is 4. The molecule has 0 unspecified atom stereocenters. The first-order valence-corrected chi connectivity index (χ1v) is 2.69. The third-order valence-electron chi connectivity index (χ3n) is 1.07. The molecule has 48 valence electrons. The van der Waals surface area contributed by atoms with E-state index in [1.54, 1.807) is 6.20 Å². The highest BCUT2D eigenvalue weighted by Crippen LogP contribution is 1.68. The Hall–Kier alpha value is -1.74. The third kappa shape index (κ3) is 0.655. The molecule has 2 rings (SSSR count). The molecular weight excluding hydrogens is 130 g/mol. The number of H-pyrrole nitrogens is 1. The van der Waals surface area contributed by atoms with Gasteiger partial charge in [0.1, 0.15) is 5.35 Å². The molecule has 0 bridgehead atoms. The van der Waals surface area contributed by atoms with Gasteiger partial charge in [-0.05, 0) is 0 Å². The Bertz CT molecular complexity index is 371. The molecule has 1 N–H and O–H groups in total. The SMILES string of the molecule is C1=CN=c2nn[nH]c2=CN=1. The van der Waals surface area contributed by atoms with Gasteiger partial charge in [-0.3, -0.25) is 5.10 Å². The molecule has 0 aromatic carbocycles. The Morgan fingerprint density at radius 2 is 2.50 bits per heavy atom. The maximum Gasteiger partial charge on any atom is 0.203 e. The molecule has 0 saturated carbocycles. The van der Waals surface area contributed by atoms with Crippen LogP contribution in [0.25, 0.3) is 6.20 Å². The van der Waals surface area contributed by atoms with Gasteiger partial charge in [-0.25, -0.2) is 9.98 Å². The topological polar surface area (TPSA) is 66.3 Å². The first kappa shape index (κ1) is 5.08. The van der Waals surface area contributed by atoms with E-state index in [1.165, 1.54) is 6.20 Å². The summed E-state index contributed by atoms with van der Waals surface area (Å²) < 4.78 is 0. The number of nitrogens with one attached hydrogen (secondary N) is 1. The number of fused-ring (bicyclic) bond motifs is 1. The van der Waals surface area contributed by atoms with E-state index >= 15 is 0 Å². The highest BCUT2D eigenvalue weighted by molar-refractivity contribution is 5.55. The molecular formula is C5H3N5. The van der Waals surface area contributed by atoms with E-state index in [0.717, 1.165) is 0 Å². The van der Waals surface area contributed by atoms with Crippen molar-refractivity contribution in [2.75, 3.05) is 0 Å². The molecule has 1 aliphatic heterocycles. The maximum atomic E-state index is 3.88. The molecule has 0 aliphatic carbocycles. The van der Waals surface area contributed by atoms with Crippen molar-refractivity contribution in [2.45, 2.75) is 0 Å². The van der Waals surface area contributed by atoms with Crippen LogP contribution < -0.4 is 10.8 Å². The van der Waals surface area contributed by atoms with Gasteiger partial charge in [0.15, 0.2) is 0 Å². The molecule has 0 amide bonds. The summed E-state index contributed by atoms with van der Waals surface area (Å²) in [5.41, 5.74) is 0.550. The first-order chi connectivity index (χ1) is 4.97. The Balaban J connectivity index is 2.94. The minimum Gasteiger partial charge on any atom is -0.254 e. The van der Waals surface area contributed by atoms with Crippen molar-refractivity contribution in [1.82, 2.24) is 15.4 Å². The minimum absolute atomic E-state index is 0.550. The lowest BCUT2D eigenvalue weighted by Gasteiger charge is -1.65. The molecule has 1 aliphatic rings. The monoisotopic (exact) mass is 133 g/mol. The quantitative estimate of drug-likeness (QED) is 0.461. The number of aromatic nitrogens is 3. The van der Waals surface area contributed by atoms with Gasteiger partial charge in [-0.15, -0.1) is 5.10 Å². The second-order valence-corrected chi connectivity index (χ2v) is 1.69. The van der Waals surface area contributed by atoms with Crippen LogP contribution in [0.1, 0.15) is 0 Å². The molecule has 5 heteroatoms. The van der Waals surface area contributed by atoms with Gasteiger partial charge >= 0.3 is 0 Å². The van der Waals surface area contributed by atoms with Crippen molar-refractivity contribution >= 4 is 12.1 Å². The number of aromatic amines is 1. The lowest BCUT2D eigenvalue weighted by Crippen LogP contribution is -2.23. The van der Waals surface area contributed by atoms with Crippen LogP contribution in [-0.2, 0) is 0 Å². The van der Waals surface area contributed by atoms with Gasteiger partial charge < -0.3 is 0 Å². The Morgan fingerprint density at radius 3 is 3.50 bits per heavy atom. The Labute approximate surface area is 55.5 Å². The van der Waals surface area contributed by atoms with Crippen molar-refractivity contribution in [2.24, 2.45) is 9.98 Å². The number of aliphatic imine (C=N–C) groups is 1. The fourth-order valence-corrected chi connectivity index (χ4v) is 0.637. The Kier molecular flexibility index (Phi) is 0.961. The predicted molar refractivity (Wildman–Crippen MR) is 33.6 cm³/mol. The van der Waals surface area contributed by atoms with Crippen LogP contribution in [0, 0.1) is 0 Å². The molecule has 0 spiro atoms. The highest BCUT2D eigenvalue weighted by atomic mass is 15.3. The van der Waals surface area contributed by atoms with Gasteiger partial charge in [0.25, 0.3) is 0 Å². The van der Waals surface area contributed by atoms with E-state index in [9.17, 15) is 0 Å². The smallest absolute Gasteiger partial charge is 0.203 e. The van der Waals surface area contributed by atoms with Crippen LogP contribution in [0.3, 0.4) is 0 Å². The maximum absolute atomic E-state index is 3.88. The van der Waals surface area contributed by atoms with Crippen LogP contribution in [0.4, 0.5) is 0 Å². The summed E-state index contributed by atoms with van der Waals surface area (Å²) in [6, 6.07) is 0. The van der Waals surface area contributed by atoms with Crippen molar-refractivity contribution in [1.29, 1.82) is 0 Å². The van der Waals surface area contributed by atoms with Gasteiger partial charge in [-0.2, -0.15) is 0 Å². The number of hydrogen-bond donors (Lipinski definition) is 1. The predicted octanol–water partition coefficient (Wildman–Crippen LogP) is -1.64. The standard InChI is InChI=1S/C5H3N5/c1-2-7-5-4(3-6-1)8-10-9-5/h2-3H,(H,7,8,9). The molecule has 0 radical (unpaired) electrons. The van der Waals surface area contributed by atoms with E-state index < -0.39 is 0 Å². The van der Waals surface area contributed by atoms with Crippen LogP contribution in [0.15, 0.2) is 16.2 Å². The van der Waals surface area contributed by atoms with Crippen molar-refractivity contribution in [3.8, 4) is 0 Å². The van der Waals surface area contributed by atoms with Crippen molar-refractivity contribution in [3.63, 3.8) is 0 Å². The summed E-state index contributed by atoms with van der Waals surface area (Å²) in [5.74, 6) is 2.57. The molecule has 0 atom stereocenters. The zero-order valence-corrected chi connectivity index (χ0v) is 4.94. The average Bonchev–Trinajstić information content (AvgIpc) is 2.28.